The van der Waals surface area contributed by atoms with Gasteiger partial charge in [-0.05, 0) is 48.7 Å². The molecule has 29 heavy (non-hydrogen) atoms. The van der Waals surface area contributed by atoms with Crippen molar-refractivity contribution in [2.45, 2.75) is 19.9 Å². The lowest BCUT2D eigenvalue weighted by molar-refractivity contribution is 0.0928. The first-order chi connectivity index (χ1) is 14.0. The second kappa shape index (κ2) is 7.52. The van der Waals surface area contributed by atoms with E-state index in [2.05, 4.69) is 20.3 Å². The molecule has 0 radical (unpaired) electrons. The van der Waals surface area contributed by atoms with Gasteiger partial charge < -0.3 is 5.32 Å². The van der Waals surface area contributed by atoms with E-state index in [1.807, 2.05) is 42.5 Å². The number of aryl methyl sites for hydroxylation is 1. The van der Waals surface area contributed by atoms with Crippen LogP contribution in [-0.2, 0) is 0 Å². The van der Waals surface area contributed by atoms with Gasteiger partial charge in [0.2, 0.25) is 0 Å². The van der Waals surface area contributed by atoms with Gasteiger partial charge in [-0.2, -0.15) is 0 Å². The molecule has 7 nitrogen and oxygen atoms in total. The van der Waals surface area contributed by atoms with Gasteiger partial charge in [-0.3, -0.25) is 14.2 Å². The van der Waals surface area contributed by atoms with E-state index in [-0.39, 0.29) is 11.3 Å². The fourth-order valence-corrected chi connectivity index (χ4v) is 3.54. The third-order valence-corrected chi connectivity index (χ3v) is 5.01. The van der Waals surface area contributed by atoms with Crippen molar-refractivity contribution in [2.24, 2.45) is 0 Å². The molecule has 0 aliphatic rings. The number of fused-ring (bicyclic) bond motifs is 1. The number of hydrogen-bond donors (Lipinski definition) is 1. The highest BCUT2D eigenvalue weighted by Gasteiger charge is 2.22. The Kier molecular flexibility index (Phi) is 4.90. The lowest BCUT2D eigenvalue weighted by Crippen LogP contribution is -2.32. The summed E-state index contributed by atoms with van der Waals surface area (Å²) in [5, 5.41) is 11.6. The summed E-state index contributed by atoms with van der Waals surface area (Å²) in [5.41, 5.74) is 1.53. The molecule has 0 aliphatic carbocycles. The Morgan fingerprint density at radius 1 is 1.14 bits per heavy atom. The van der Waals surface area contributed by atoms with Gasteiger partial charge in [-0.15, -0.1) is 0 Å². The molecule has 1 atom stereocenters. The molecule has 0 fully saturated rings. The molecule has 4 aromatic rings. The minimum Gasteiger partial charge on any atom is -0.342 e. The van der Waals surface area contributed by atoms with Crippen molar-refractivity contribution >= 4 is 28.3 Å². The first-order valence-corrected chi connectivity index (χ1v) is 9.35. The molecule has 0 unspecified atom stereocenters. The Hall–Kier alpha value is -3.45. The van der Waals surface area contributed by atoms with E-state index >= 15 is 0 Å². The van der Waals surface area contributed by atoms with Gasteiger partial charge in [-0.1, -0.05) is 47.1 Å². The van der Waals surface area contributed by atoms with Crippen LogP contribution in [0, 0.1) is 6.92 Å². The van der Waals surface area contributed by atoms with Crippen LogP contribution in [0.1, 0.15) is 34.8 Å². The van der Waals surface area contributed by atoms with Gasteiger partial charge in [0.1, 0.15) is 5.69 Å². The third-order valence-electron chi connectivity index (χ3n) is 4.70. The van der Waals surface area contributed by atoms with Gasteiger partial charge in [0.15, 0.2) is 5.69 Å². The van der Waals surface area contributed by atoms with Crippen LogP contribution in [0.3, 0.4) is 0 Å². The Labute approximate surface area is 170 Å². The van der Waals surface area contributed by atoms with Gasteiger partial charge in [0, 0.05) is 11.4 Å². The maximum absolute atomic E-state index is 13.4. The molecule has 0 saturated carbocycles. The van der Waals surface area contributed by atoms with Gasteiger partial charge in [0.25, 0.3) is 11.5 Å². The molecule has 0 aliphatic heterocycles. The zero-order valence-corrected chi connectivity index (χ0v) is 16.5. The highest BCUT2D eigenvalue weighted by Crippen LogP contribution is 2.25. The lowest BCUT2D eigenvalue weighted by atomic mass is 10.1. The van der Waals surface area contributed by atoms with E-state index in [4.69, 9.17) is 11.6 Å². The van der Waals surface area contributed by atoms with Gasteiger partial charge in [0.05, 0.1) is 16.5 Å². The fourth-order valence-electron chi connectivity index (χ4n) is 3.28. The number of aromatic nitrogens is 3. The number of nitrogens with zero attached hydrogens (tertiary/aromatic N) is 3. The molecule has 1 amide bonds. The molecule has 4 rings (SSSR count). The average molecular weight is 409 g/mol. The SMILES string of the molecule is Cc1nonc1C(=O)N[C@@H](C)c1cc2cccc(Cl)c2c(=O)n1-c1ccccc1. The molecule has 0 saturated heterocycles. The van der Waals surface area contributed by atoms with Crippen LogP contribution in [-0.4, -0.2) is 20.8 Å². The topological polar surface area (TPSA) is 90.0 Å². The minimum absolute atomic E-state index is 0.106. The van der Waals surface area contributed by atoms with Crippen LogP contribution in [0.15, 0.2) is 64.0 Å². The van der Waals surface area contributed by atoms with Crippen LogP contribution in [0.25, 0.3) is 16.5 Å². The van der Waals surface area contributed by atoms with Crippen LogP contribution in [0.2, 0.25) is 5.02 Å². The number of carbonyl (C=O) groups is 1. The maximum atomic E-state index is 13.4. The number of benzene rings is 2. The number of halogens is 1. The predicted molar refractivity (Wildman–Crippen MR) is 109 cm³/mol. The predicted octanol–water partition coefficient (Wildman–Crippen LogP) is 3.83. The maximum Gasteiger partial charge on any atom is 0.276 e. The molecule has 1 N–H and O–H groups in total. The summed E-state index contributed by atoms with van der Waals surface area (Å²) < 4.78 is 6.17. The van der Waals surface area contributed by atoms with Crippen LogP contribution in [0.4, 0.5) is 0 Å². The molecule has 146 valence electrons. The summed E-state index contributed by atoms with van der Waals surface area (Å²) in [5.74, 6) is -0.436. The quantitative estimate of drug-likeness (QED) is 0.554. The number of rotatable bonds is 4. The Balaban J connectivity index is 1.88. The highest BCUT2D eigenvalue weighted by molar-refractivity contribution is 6.35. The summed E-state index contributed by atoms with van der Waals surface area (Å²) in [6, 6.07) is 15.9. The first kappa shape index (κ1) is 18.9. The molecule has 0 spiro atoms. The van der Waals surface area contributed by atoms with E-state index in [0.29, 0.717) is 32.9 Å². The van der Waals surface area contributed by atoms with Gasteiger partial charge >= 0.3 is 0 Å². The van der Waals surface area contributed by atoms with E-state index in [9.17, 15) is 9.59 Å². The monoisotopic (exact) mass is 408 g/mol. The summed E-state index contributed by atoms with van der Waals surface area (Å²) in [6.45, 7) is 3.43. The summed E-state index contributed by atoms with van der Waals surface area (Å²) in [4.78, 5) is 26.0. The van der Waals surface area contributed by atoms with Crippen molar-refractivity contribution in [3.63, 3.8) is 0 Å². The standard InChI is InChI=1S/C21H17ClN4O3/c1-12(23-20(27)19-13(2)24-29-25-19)17-11-14-7-6-10-16(22)18(14)21(28)26(17)15-8-4-3-5-9-15/h3-12H,1-2H3,(H,23,27)/t12-/m0/s1. The average Bonchev–Trinajstić information content (AvgIpc) is 3.14. The van der Waals surface area contributed by atoms with Crippen molar-refractivity contribution < 1.29 is 9.42 Å². The Bertz CT molecular complexity index is 1260. The third kappa shape index (κ3) is 3.40. The van der Waals surface area contributed by atoms with E-state index in [1.54, 1.807) is 30.5 Å². The second-order valence-corrected chi connectivity index (χ2v) is 7.05. The van der Waals surface area contributed by atoms with Crippen molar-refractivity contribution in [3.05, 3.63) is 87.1 Å². The molecule has 0 bridgehead atoms. The molecule has 2 aromatic heterocycles. The van der Waals surface area contributed by atoms with Crippen molar-refractivity contribution in [3.8, 4) is 5.69 Å². The first-order valence-electron chi connectivity index (χ1n) is 8.97. The number of hydrogen-bond acceptors (Lipinski definition) is 5. The molecule has 2 heterocycles. The largest absolute Gasteiger partial charge is 0.342 e. The number of carbonyl (C=O) groups excluding carboxylic acids is 1. The number of pyridine rings is 1. The van der Waals surface area contributed by atoms with E-state index in [1.165, 1.54) is 0 Å². The molecule has 8 heteroatoms. The van der Waals surface area contributed by atoms with Crippen molar-refractivity contribution in [1.29, 1.82) is 0 Å². The fraction of sp³-hybridized carbons (Fsp3) is 0.143. The normalized spacial score (nSPS) is 12.1. The Morgan fingerprint density at radius 3 is 2.59 bits per heavy atom. The molecular formula is C21H17ClN4O3. The van der Waals surface area contributed by atoms with Crippen LogP contribution >= 0.6 is 11.6 Å². The number of amides is 1. The summed E-state index contributed by atoms with van der Waals surface area (Å²) in [7, 11) is 0. The lowest BCUT2D eigenvalue weighted by Gasteiger charge is -2.21. The van der Waals surface area contributed by atoms with Gasteiger partial charge in [-0.25, -0.2) is 4.63 Å². The number of nitrogens with one attached hydrogen (secondary N) is 1. The minimum atomic E-state index is -0.505. The zero-order chi connectivity index (χ0) is 20.5. The highest BCUT2D eigenvalue weighted by atomic mass is 35.5. The van der Waals surface area contributed by atoms with Crippen molar-refractivity contribution in [2.75, 3.05) is 0 Å². The van der Waals surface area contributed by atoms with E-state index in [0.717, 1.165) is 0 Å². The summed E-state index contributed by atoms with van der Waals surface area (Å²) >= 11 is 6.31. The van der Waals surface area contributed by atoms with E-state index < -0.39 is 11.9 Å². The second-order valence-electron chi connectivity index (χ2n) is 6.64. The summed E-state index contributed by atoms with van der Waals surface area (Å²) in [6.07, 6.45) is 0. The number of para-hydroxylation sites is 1. The van der Waals surface area contributed by atoms with Crippen molar-refractivity contribution in [1.82, 2.24) is 20.2 Å². The Morgan fingerprint density at radius 2 is 1.90 bits per heavy atom. The van der Waals surface area contributed by atoms with Crippen LogP contribution in [0.5, 0.6) is 0 Å². The molecule has 2 aromatic carbocycles. The van der Waals surface area contributed by atoms with Crippen LogP contribution < -0.4 is 10.9 Å². The zero-order valence-electron chi connectivity index (χ0n) is 15.7. The smallest absolute Gasteiger partial charge is 0.276 e. The molecular weight excluding hydrogens is 392 g/mol.